The van der Waals surface area contributed by atoms with Crippen molar-refractivity contribution in [1.29, 1.82) is 5.26 Å². The molecule has 0 radical (unpaired) electrons. The number of aromatic nitrogens is 2. The molecule has 1 unspecified atom stereocenters. The van der Waals surface area contributed by atoms with Crippen molar-refractivity contribution < 1.29 is 0 Å². The molecule has 0 spiro atoms. The first-order valence-electron chi connectivity index (χ1n) is 6.93. The molecule has 102 valence electrons. The molecule has 0 amide bonds. The Hall–Kier alpha value is -1.67. The van der Waals surface area contributed by atoms with Gasteiger partial charge in [0.1, 0.15) is 6.07 Å². The van der Waals surface area contributed by atoms with Crippen molar-refractivity contribution in [2.75, 3.05) is 18.0 Å². The fourth-order valence-corrected chi connectivity index (χ4v) is 2.48. The van der Waals surface area contributed by atoms with Crippen molar-refractivity contribution in [3.8, 4) is 6.07 Å². The number of hydrogen-bond donors (Lipinski definition) is 1. The lowest BCUT2D eigenvalue weighted by Crippen LogP contribution is -2.46. The van der Waals surface area contributed by atoms with Gasteiger partial charge in [0.05, 0.1) is 0 Å². The number of anilines is 1. The van der Waals surface area contributed by atoms with Crippen molar-refractivity contribution in [2.24, 2.45) is 0 Å². The van der Waals surface area contributed by atoms with Gasteiger partial charge in [-0.25, -0.2) is 9.97 Å². The summed E-state index contributed by atoms with van der Waals surface area (Å²) in [6.07, 6.45) is 6.94. The first-order chi connectivity index (χ1) is 9.22. The van der Waals surface area contributed by atoms with Crippen LogP contribution >= 0.6 is 0 Å². The van der Waals surface area contributed by atoms with Crippen molar-refractivity contribution in [1.82, 2.24) is 15.3 Å². The van der Waals surface area contributed by atoms with Crippen LogP contribution < -0.4 is 10.2 Å². The Bertz CT molecular complexity index is 445. The molecule has 0 aromatic carbocycles. The van der Waals surface area contributed by atoms with Gasteiger partial charge in [0.25, 0.3) is 0 Å². The molecule has 0 aliphatic carbocycles. The van der Waals surface area contributed by atoms with E-state index in [0.29, 0.717) is 23.6 Å². The summed E-state index contributed by atoms with van der Waals surface area (Å²) in [6, 6.07) is 2.91. The lowest BCUT2D eigenvalue weighted by Gasteiger charge is -2.34. The Morgan fingerprint density at radius 1 is 1.42 bits per heavy atom. The van der Waals surface area contributed by atoms with Crippen LogP contribution in [0.3, 0.4) is 0 Å². The summed E-state index contributed by atoms with van der Waals surface area (Å²) in [5, 5.41) is 12.7. The van der Waals surface area contributed by atoms with Gasteiger partial charge in [-0.3, -0.25) is 0 Å². The van der Waals surface area contributed by atoms with Crippen LogP contribution in [-0.4, -0.2) is 35.1 Å². The average molecular weight is 259 g/mol. The third-order valence-electron chi connectivity index (χ3n) is 3.51. The predicted octanol–water partition coefficient (Wildman–Crippen LogP) is 1.71. The molecule has 0 bridgehead atoms. The van der Waals surface area contributed by atoms with Crippen LogP contribution in [0.2, 0.25) is 0 Å². The molecule has 1 aromatic heterocycles. The average Bonchev–Trinajstić information content (AvgIpc) is 2.45. The van der Waals surface area contributed by atoms with Crippen molar-refractivity contribution in [3.63, 3.8) is 0 Å². The molecule has 0 saturated carbocycles. The summed E-state index contributed by atoms with van der Waals surface area (Å²) in [5.74, 6) is 0.701. The Morgan fingerprint density at radius 2 is 2.21 bits per heavy atom. The molecule has 2 rings (SSSR count). The minimum Gasteiger partial charge on any atom is -0.350 e. The van der Waals surface area contributed by atoms with E-state index in [1.807, 2.05) is 0 Å². The highest BCUT2D eigenvalue weighted by Crippen LogP contribution is 2.19. The highest BCUT2D eigenvalue weighted by molar-refractivity contribution is 5.50. The van der Waals surface area contributed by atoms with Crippen LogP contribution in [0.4, 0.5) is 5.82 Å². The van der Waals surface area contributed by atoms with Gasteiger partial charge < -0.3 is 10.2 Å². The van der Waals surface area contributed by atoms with Gasteiger partial charge in [-0.05, 0) is 33.2 Å². The Labute approximate surface area is 114 Å². The molecule has 5 nitrogen and oxygen atoms in total. The monoisotopic (exact) mass is 259 g/mol. The molecule has 1 saturated heterocycles. The maximum absolute atomic E-state index is 9.16. The van der Waals surface area contributed by atoms with E-state index < -0.39 is 0 Å². The van der Waals surface area contributed by atoms with E-state index in [1.54, 1.807) is 12.4 Å². The second kappa shape index (κ2) is 6.48. The molecule has 1 fully saturated rings. The van der Waals surface area contributed by atoms with Crippen molar-refractivity contribution in [2.45, 2.75) is 45.2 Å². The molecule has 1 aromatic rings. The minimum atomic E-state index is 0.299. The van der Waals surface area contributed by atoms with Crippen LogP contribution in [-0.2, 0) is 0 Å². The quantitative estimate of drug-likeness (QED) is 0.891. The summed E-state index contributed by atoms with van der Waals surface area (Å²) in [5.41, 5.74) is 0.409. The summed E-state index contributed by atoms with van der Waals surface area (Å²) in [6.45, 7) is 6.21. The van der Waals surface area contributed by atoms with E-state index in [4.69, 9.17) is 5.26 Å². The van der Waals surface area contributed by atoms with E-state index in [1.165, 1.54) is 19.3 Å². The van der Waals surface area contributed by atoms with Gasteiger partial charge >= 0.3 is 0 Å². The SMILES string of the molecule is CC(C)N(CC1CCCCN1)c1nccnc1C#N. The largest absolute Gasteiger partial charge is 0.350 e. The number of hydrogen-bond acceptors (Lipinski definition) is 5. The van der Waals surface area contributed by atoms with Crippen molar-refractivity contribution in [3.05, 3.63) is 18.1 Å². The summed E-state index contributed by atoms with van der Waals surface area (Å²) < 4.78 is 0. The van der Waals surface area contributed by atoms with Crippen LogP contribution in [0.25, 0.3) is 0 Å². The van der Waals surface area contributed by atoms with E-state index in [0.717, 1.165) is 13.1 Å². The summed E-state index contributed by atoms with van der Waals surface area (Å²) >= 11 is 0. The second-order valence-corrected chi connectivity index (χ2v) is 5.23. The fraction of sp³-hybridized carbons (Fsp3) is 0.643. The molecule has 2 heterocycles. The maximum Gasteiger partial charge on any atom is 0.183 e. The van der Waals surface area contributed by atoms with E-state index >= 15 is 0 Å². The zero-order valence-electron chi connectivity index (χ0n) is 11.6. The molecule has 1 aliphatic rings. The molecule has 1 N–H and O–H groups in total. The highest BCUT2D eigenvalue weighted by atomic mass is 15.2. The number of rotatable bonds is 4. The maximum atomic E-state index is 9.16. The van der Waals surface area contributed by atoms with Gasteiger partial charge in [-0.15, -0.1) is 0 Å². The first-order valence-corrected chi connectivity index (χ1v) is 6.93. The highest BCUT2D eigenvalue weighted by Gasteiger charge is 2.22. The lowest BCUT2D eigenvalue weighted by atomic mass is 10.0. The third-order valence-corrected chi connectivity index (χ3v) is 3.51. The molecule has 1 atom stereocenters. The van der Waals surface area contributed by atoms with Gasteiger partial charge in [-0.1, -0.05) is 6.42 Å². The van der Waals surface area contributed by atoms with E-state index in [9.17, 15) is 0 Å². The number of nitrogens with one attached hydrogen (secondary N) is 1. The Morgan fingerprint density at radius 3 is 2.84 bits per heavy atom. The lowest BCUT2D eigenvalue weighted by molar-refractivity contribution is 0.392. The van der Waals surface area contributed by atoms with Gasteiger partial charge in [0.2, 0.25) is 0 Å². The van der Waals surface area contributed by atoms with Crippen molar-refractivity contribution >= 4 is 5.82 Å². The van der Waals surface area contributed by atoms with Crippen LogP contribution in [0, 0.1) is 11.3 Å². The third kappa shape index (κ3) is 3.42. The second-order valence-electron chi connectivity index (χ2n) is 5.23. The van der Waals surface area contributed by atoms with E-state index in [-0.39, 0.29) is 0 Å². The summed E-state index contributed by atoms with van der Waals surface area (Å²) in [7, 11) is 0. The fourth-order valence-electron chi connectivity index (χ4n) is 2.48. The molecule has 1 aliphatic heterocycles. The molecule has 19 heavy (non-hydrogen) atoms. The standard InChI is InChI=1S/C14H21N5/c1-11(2)19(10-12-5-3-4-6-16-12)14-13(9-15)17-7-8-18-14/h7-8,11-12,16H,3-6,10H2,1-2H3. The van der Waals surface area contributed by atoms with Gasteiger partial charge in [0.15, 0.2) is 11.5 Å². The first kappa shape index (κ1) is 13.8. The van der Waals surface area contributed by atoms with Crippen LogP contribution in [0.15, 0.2) is 12.4 Å². The van der Waals surface area contributed by atoms with E-state index in [2.05, 4.69) is 40.1 Å². The summed E-state index contributed by atoms with van der Waals surface area (Å²) in [4.78, 5) is 10.6. The van der Waals surface area contributed by atoms with Crippen LogP contribution in [0.1, 0.15) is 38.8 Å². The smallest absolute Gasteiger partial charge is 0.183 e. The van der Waals surface area contributed by atoms with Crippen LogP contribution in [0.5, 0.6) is 0 Å². The number of piperidine rings is 1. The minimum absolute atomic E-state index is 0.299. The Balaban J connectivity index is 2.17. The number of nitrogens with zero attached hydrogens (tertiary/aromatic N) is 4. The normalized spacial score (nSPS) is 19.2. The zero-order chi connectivity index (χ0) is 13.7. The topological polar surface area (TPSA) is 64.8 Å². The zero-order valence-corrected chi connectivity index (χ0v) is 11.6. The molecular weight excluding hydrogens is 238 g/mol. The number of nitriles is 1. The predicted molar refractivity (Wildman–Crippen MR) is 74.9 cm³/mol. The van der Waals surface area contributed by atoms with Gasteiger partial charge in [-0.2, -0.15) is 5.26 Å². The molecular formula is C14H21N5. The molecule has 5 heteroatoms. The Kier molecular flexibility index (Phi) is 4.69. The van der Waals surface area contributed by atoms with Gasteiger partial charge in [0, 0.05) is 31.0 Å².